The molecule has 0 radical (unpaired) electrons. The van der Waals surface area contributed by atoms with Gasteiger partial charge in [0.1, 0.15) is 34.6 Å². The summed E-state index contributed by atoms with van der Waals surface area (Å²) < 4.78 is 40.5. The fourth-order valence-corrected chi connectivity index (χ4v) is 5.80. The van der Waals surface area contributed by atoms with Crippen LogP contribution >= 0.6 is 0 Å². The number of nitrogens with zero attached hydrogens (tertiary/aromatic N) is 2. The molecule has 10 heteroatoms. The normalized spacial score (nSPS) is 10.6. The molecule has 8 nitrogen and oxygen atoms in total. The van der Waals surface area contributed by atoms with E-state index in [4.69, 9.17) is 9.47 Å². The van der Waals surface area contributed by atoms with Gasteiger partial charge in [0.15, 0.2) is 0 Å². The van der Waals surface area contributed by atoms with Crippen LogP contribution in [0, 0.1) is 11.6 Å². The van der Waals surface area contributed by atoms with E-state index in [1.165, 1.54) is 18.2 Å². The summed E-state index contributed by atoms with van der Waals surface area (Å²) in [5.74, 6) is 0.692. The Labute approximate surface area is 321 Å². The van der Waals surface area contributed by atoms with Crippen molar-refractivity contribution in [2.75, 3.05) is 0 Å². The van der Waals surface area contributed by atoms with Crippen molar-refractivity contribution in [2.24, 2.45) is 0 Å². The lowest BCUT2D eigenvalue weighted by molar-refractivity contribution is 0.0938. The van der Waals surface area contributed by atoms with Crippen LogP contribution in [0.2, 0.25) is 0 Å². The maximum atomic E-state index is 14.6. The first kappa shape index (κ1) is 36.9. The number of aromatic nitrogens is 2. The van der Waals surface area contributed by atoms with Crippen LogP contribution in [0.25, 0.3) is 21.8 Å². The molecule has 0 saturated carbocycles. The molecule has 2 aromatic heterocycles. The fraction of sp³-hybridized carbons (Fsp3) is 0.0435. The molecule has 276 valence electrons. The van der Waals surface area contributed by atoms with Gasteiger partial charge in [0.25, 0.3) is 11.8 Å². The van der Waals surface area contributed by atoms with Gasteiger partial charge in [-0.2, -0.15) is 0 Å². The zero-order chi connectivity index (χ0) is 38.7. The summed E-state index contributed by atoms with van der Waals surface area (Å²) >= 11 is 0. The van der Waals surface area contributed by atoms with Crippen molar-refractivity contribution in [3.05, 3.63) is 204 Å². The van der Waals surface area contributed by atoms with Gasteiger partial charge in [-0.25, -0.2) is 8.78 Å². The quantitative estimate of drug-likeness (QED) is 0.145. The van der Waals surface area contributed by atoms with E-state index in [9.17, 15) is 18.4 Å². The Kier molecular flexibility index (Phi) is 11.6. The lowest BCUT2D eigenvalue weighted by Crippen LogP contribution is -2.23. The zero-order valence-corrected chi connectivity index (χ0v) is 29.9. The average molecular weight is 745 g/mol. The number of carbonyl (C=O) groups excluding carboxylic acids is 2. The lowest BCUT2D eigenvalue weighted by atomic mass is 10.1. The maximum Gasteiger partial charge on any atom is 0.254 e. The summed E-state index contributed by atoms with van der Waals surface area (Å²) in [6.07, 6.45) is 3.18. The monoisotopic (exact) mass is 744 g/mol. The van der Waals surface area contributed by atoms with Gasteiger partial charge in [0, 0.05) is 42.3 Å². The van der Waals surface area contributed by atoms with E-state index in [1.54, 1.807) is 42.7 Å². The van der Waals surface area contributed by atoms with Gasteiger partial charge < -0.3 is 20.1 Å². The molecule has 0 spiro atoms. The summed E-state index contributed by atoms with van der Waals surface area (Å²) in [5, 5.41) is 6.56. The third-order valence-corrected chi connectivity index (χ3v) is 8.56. The van der Waals surface area contributed by atoms with E-state index in [-0.39, 0.29) is 24.2 Å². The highest BCUT2D eigenvalue weighted by atomic mass is 19.1. The minimum atomic E-state index is -0.593. The highest BCUT2D eigenvalue weighted by Gasteiger charge is 2.16. The third-order valence-electron chi connectivity index (χ3n) is 8.56. The molecule has 0 aliphatic carbocycles. The molecule has 0 aliphatic heterocycles. The van der Waals surface area contributed by atoms with Crippen LogP contribution in [0.3, 0.4) is 0 Å². The topological polar surface area (TPSA) is 102 Å². The summed E-state index contributed by atoms with van der Waals surface area (Å²) in [6, 6.07) is 46.4. The van der Waals surface area contributed by atoms with E-state index in [1.807, 2.05) is 109 Å². The molecule has 56 heavy (non-hydrogen) atoms. The molecule has 0 unspecified atom stereocenters. The van der Waals surface area contributed by atoms with Crippen molar-refractivity contribution in [3.63, 3.8) is 0 Å². The van der Waals surface area contributed by atoms with Crippen LogP contribution in [-0.2, 0) is 13.1 Å². The summed E-state index contributed by atoms with van der Waals surface area (Å²) in [6.45, 7) is 0.519. The number of pyridine rings is 2. The van der Waals surface area contributed by atoms with E-state index >= 15 is 0 Å². The van der Waals surface area contributed by atoms with E-state index in [2.05, 4.69) is 20.6 Å². The van der Waals surface area contributed by atoms with Gasteiger partial charge in [-0.05, 0) is 96.1 Å². The standard InChI is InChI=1S/2C23H17FN2O2/c24-21-14-22-17(7-5-11-25-22)13-20(21)23(27)26-15-16-6-4-10-19(12-16)28-18-8-2-1-3-9-18;24-22-19-10-5-13-25-21(19)12-11-20(22)23(27)26-15-16-6-4-9-18(14-16)28-17-7-2-1-3-8-17/h2*1-14H,15H2,(H,26,27). The largest absolute Gasteiger partial charge is 0.457 e. The summed E-state index contributed by atoms with van der Waals surface area (Å²) in [7, 11) is 0. The van der Waals surface area contributed by atoms with Crippen molar-refractivity contribution >= 4 is 33.6 Å². The molecule has 8 rings (SSSR count). The number of rotatable bonds is 10. The second-order valence-corrected chi connectivity index (χ2v) is 12.5. The molecule has 0 atom stereocenters. The Morgan fingerprint density at radius 1 is 0.500 bits per heavy atom. The number of fused-ring (bicyclic) bond motifs is 2. The lowest BCUT2D eigenvalue weighted by Gasteiger charge is -2.10. The first-order valence-electron chi connectivity index (χ1n) is 17.7. The second kappa shape index (κ2) is 17.6. The Morgan fingerprint density at radius 2 is 1.04 bits per heavy atom. The smallest absolute Gasteiger partial charge is 0.254 e. The van der Waals surface area contributed by atoms with E-state index in [0.29, 0.717) is 33.3 Å². The number of halogens is 2. The summed E-state index contributed by atoms with van der Waals surface area (Å²) in [5.41, 5.74) is 2.73. The second-order valence-electron chi connectivity index (χ2n) is 12.5. The average Bonchev–Trinajstić information content (AvgIpc) is 3.23. The molecular formula is C46H34F2N4O4. The maximum absolute atomic E-state index is 14.6. The number of para-hydroxylation sites is 2. The van der Waals surface area contributed by atoms with Gasteiger partial charge >= 0.3 is 0 Å². The van der Waals surface area contributed by atoms with Crippen LogP contribution < -0.4 is 20.1 Å². The Morgan fingerprint density at radius 3 is 1.64 bits per heavy atom. The van der Waals surface area contributed by atoms with Gasteiger partial charge in [0.2, 0.25) is 0 Å². The van der Waals surface area contributed by atoms with Crippen molar-refractivity contribution in [1.29, 1.82) is 0 Å². The van der Waals surface area contributed by atoms with Crippen LogP contribution in [-0.4, -0.2) is 21.8 Å². The van der Waals surface area contributed by atoms with Crippen LogP contribution in [0.5, 0.6) is 23.0 Å². The first-order valence-corrected chi connectivity index (χ1v) is 17.7. The molecule has 0 aliphatic rings. The number of carbonyl (C=O) groups is 2. The molecule has 6 aromatic carbocycles. The number of hydrogen-bond acceptors (Lipinski definition) is 6. The van der Waals surface area contributed by atoms with Crippen molar-refractivity contribution in [1.82, 2.24) is 20.6 Å². The Hall–Kier alpha value is -7.46. The van der Waals surface area contributed by atoms with Crippen LogP contribution in [0.4, 0.5) is 8.78 Å². The minimum absolute atomic E-state index is 0.00260. The van der Waals surface area contributed by atoms with Crippen LogP contribution in [0.15, 0.2) is 170 Å². The van der Waals surface area contributed by atoms with Gasteiger partial charge in [-0.1, -0.05) is 66.7 Å². The molecule has 2 N–H and O–H groups in total. The Balaban J connectivity index is 0.000000172. The molecule has 2 heterocycles. The van der Waals surface area contributed by atoms with Crippen molar-refractivity contribution in [3.8, 4) is 23.0 Å². The van der Waals surface area contributed by atoms with Crippen molar-refractivity contribution < 1.29 is 27.8 Å². The number of amides is 2. The number of hydrogen-bond donors (Lipinski definition) is 2. The van der Waals surface area contributed by atoms with E-state index < -0.39 is 23.4 Å². The SMILES string of the molecule is O=C(NCc1cccc(Oc2ccccc2)c1)c1cc2cccnc2cc1F.O=C(NCc1cccc(Oc2ccccc2)c1)c1ccc2ncccc2c1F. The first-order chi connectivity index (χ1) is 27.4. The predicted molar refractivity (Wildman–Crippen MR) is 212 cm³/mol. The molecular weight excluding hydrogens is 711 g/mol. The highest BCUT2D eigenvalue weighted by Crippen LogP contribution is 2.24. The Bertz CT molecular complexity index is 2520. The molecule has 0 fully saturated rings. The number of nitrogens with one attached hydrogen (secondary N) is 2. The van der Waals surface area contributed by atoms with E-state index in [0.717, 1.165) is 22.6 Å². The molecule has 8 aromatic rings. The zero-order valence-electron chi connectivity index (χ0n) is 29.9. The van der Waals surface area contributed by atoms with Gasteiger partial charge in [-0.3, -0.25) is 19.6 Å². The minimum Gasteiger partial charge on any atom is -0.457 e. The number of benzene rings is 6. The highest BCUT2D eigenvalue weighted by molar-refractivity contribution is 5.99. The molecule has 0 bridgehead atoms. The summed E-state index contributed by atoms with van der Waals surface area (Å²) in [4.78, 5) is 33.1. The number of ether oxygens (including phenoxy) is 2. The molecule has 2 amide bonds. The fourth-order valence-electron chi connectivity index (χ4n) is 5.80. The predicted octanol–water partition coefficient (Wildman–Crippen LogP) is 10.2. The third kappa shape index (κ3) is 9.36. The van der Waals surface area contributed by atoms with Gasteiger partial charge in [0.05, 0.1) is 22.2 Å². The van der Waals surface area contributed by atoms with Gasteiger partial charge in [-0.15, -0.1) is 0 Å². The van der Waals surface area contributed by atoms with Crippen LogP contribution in [0.1, 0.15) is 31.8 Å². The van der Waals surface area contributed by atoms with Crippen molar-refractivity contribution in [2.45, 2.75) is 13.1 Å². The molecule has 0 saturated heterocycles.